The van der Waals surface area contributed by atoms with Crippen LogP contribution in [0.4, 0.5) is 4.39 Å². The van der Waals surface area contributed by atoms with E-state index in [0.29, 0.717) is 22.0 Å². The largest absolute Gasteiger partial charge is 0.487 e. The maximum atomic E-state index is 14.7. The molecule has 2 N–H and O–H groups in total. The molecular weight excluding hydrogens is 529 g/mol. The standard InChI is InChI=1S/C28H27ClFN3O4S/c29-25-9-8-24(38-25)16-2-6-20-18(12-16)15-36-32-26(20)28(35)31-22(14-33-10-1-11-33)27(34)17-3-7-23(21(30)13-17)37-19-4-5-19/h2-3,6-9,12-13,19,22,27,34H,1,4-5,10-11,14-15H2,(H,31,35)/t22-,27-/m1/s1. The number of rotatable bonds is 9. The summed E-state index contributed by atoms with van der Waals surface area (Å²) in [6, 6.07) is 13.3. The molecule has 10 heteroatoms. The predicted octanol–water partition coefficient (Wildman–Crippen LogP) is 4.91. The van der Waals surface area contributed by atoms with E-state index in [9.17, 15) is 14.3 Å². The minimum absolute atomic E-state index is 0.0688. The molecule has 38 heavy (non-hydrogen) atoms. The number of amides is 1. The quantitative estimate of drug-likeness (QED) is 0.392. The van der Waals surface area contributed by atoms with E-state index in [4.69, 9.17) is 21.2 Å². The number of nitrogens with zero attached hydrogens (tertiary/aromatic N) is 2. The molecule has 1 saturated heterocycles. The topological polar surface area (TPSA) is 83.4 Å². The van der Waals surface area contributed by atoms with Gasteiger partial charge in [-0.1, -0.05) is 35.0 Å². The van der Waals surface area contributed by atoms with E-state index in [2.05, 4.69) is 15.4 Å². The first-order chi connectivity index (χ1) is 18.4. The van der Waals surface area contributed by atoms with Crippen LogP contribution in [0.2, 0.25) is 4.34 Å². The number of nitrogens with one attached hydrogen (secondary N) is 1. The Kier molecular flexibility index (Phi) is 7.09. The Hall–Kier alpha value is -2.98. The highest BCUT2D eigenvalue weighted by molar-refractivity contribution is 7.19. The highest BCUT2D eigenvalue weighted by atomic mass is 35.5. The molecule has 7 nitrogen and oxygen atoms in total. The summed E-state index contributed by atoms with van der Waals surface area (Å²) >= 11 is 7.57. The minimum Gasteiger partial charge on any atom is -0.487 e. The fourth-order valence-corrected chi connectivity index (χ4v) is 5.68. The number of benzene rings is 2. The third-order valence-corrected chi connectivity index (χ3v) is 8.31. The third kappa shape index (κ3) is 5.42. The fourth-order valence-electron chi connectivity index (χ4n) is 4.64. The van der Waals surface area contributed by atoms with Gasteiger partial charge < -0.3 is 24.9 Å². The lowest BCUT2D eigenvalue weighted by Crippen LogP contribution is -2.52. The lowest BCUT2D eigenvalue weighted by atomic mass is 9.97. The van der Waals surface area contributed by atoms with Crippen LogP contribution in [-0.2, 0) is 16.2 Å². The zero-order valence-corrected chi connectivity index (χ0v) is 22.1. The average molecular weight is 556 g/mol. The summed E-state index contributed by atoms with van der Waals surface area (Å²) in [6.07, 6.45) is 1.85. The lowest BCUT2D eigenvalue weighted by Gasteiger charge is -2.36. The van der Waals surface area contributed by atoms with Gasteiger partial charge in [0.2, 0.25) is 0 Å². The van der Waals surface area contributed by atoms with E-state index < -0.39 is 23.9 Å². The van der Waals surface area contributed by atoms with Gasteiger partial charge >= 0.3 is 0 Å². The van der Waals surface area contributed by atoms with Crippen molar-refractivity contribution in [3.05, 3.63) is 75.4 Å². The molecule has 1 aliphatic carbocycles. The van der Waals surface area contributed by atoms with Crippen molar-refractivity contribution in [3.8, 4) is 16.2 Å². The van der Waals surface area contributed by atoms with Crippen molar-refractivity contribution in [1.29, 1.82) is 0 Å². The van der Waals surface area contributed by atoms with Crippen molar-refractivity contribution in [2.75, 3.05) is 19.6 Å². The fraction of sp³-hybridized carbons (Fsp3) is 0.357. The molecule has 0 bridgehead atoms. The molecule has 6 rings (SSSR count). The van der Waals surface area contributed by atoms with Gasteiger partial charge in [0, 0.05) is 22.5 Å². The molecule has 2 aromatic carbocycles. The third-order valence-electron chi connectivity index (χ3n) is 7.03. The van der Waals surface area contributed by atoms with Gasteiger partial charge in [-0.05, 0) is 73.8 Å². The van der Waals surface area contributed by atoms with Gasteiger partial charge in [0.05, 0.1) is 16.5 Å². The van der Waals surface area contributed by atoms with Crippen molar-refractivity contribution in [1.82, 2.24) is 10.2 Å². The summed E-state index contributed by atoms with van der Waals surface area (Å²) < 4.78 is 21.0. The van der Waals surface area contributed by atoms with E-state index in [1.807, 2.05) is 30.3 Å². The maximum Gasteiger partial charge on any atom is 0.274 e. The second kappa shape index (κ2) is 10.6. The van der Waals surface area contributed by atoms with E-state index in [1.54, 1.807) is 12.1 Å². The SMILES string of the molecule is O=C(N[C@H](CN1CCC1)[C@H](O)c1ccc(OC2CC2)c(F)c1)C1=NOCc2cc(-c3ccc(Cl)s3)ccc21. The second-order valence-electron chi connectivity index (χ2n) is 9.88. The molecule has 1 aromatic heterocycles. The summed E-state index contributed by atoms with van der Waals surface area (Å²) in [7, 11) is 0. The normalized spacial score (nSPS) is 18.4. The minimum atomic E-state index is -1.13. The molecule has 0 spiro atoms. The van der Waals surface area contributed by atoms with Crippen molar-refractivity contribution in [2.24, 2.45) is 5.16 Å². The second-order valence-corrected chi connectivity index (χ2v) is 11.6. The van der Waals surface area contributed by atoms with Gasteiger partial charge in [0.1, 0.15) is 12.7 Å². The van der Waals surface area contributed by atoms with Gasteiger partial charge in [0.25, 0.3) is 5.91 Å². The number of hydrogen-bond acceptors (Lipinski definition) is 7. The first kappa shape index (κ1) is 25.3. The first-order valence-electron chi connectivity index (χ1n) is 12.7. The summed E-state index contributed by atoms with van der Waals surface area (Å²) in [5, 5.41) is 18.2. The Balaban J connectivity index is 1.21. The van der Waals surface area contributed by atoms with Crippen molar-refractivity contribution >= 4 is 34.6 Å². The summed E-state index contributed by atoms with van der Waals surface area (Å²) in [5.74, 6) is -0.804. The van der Waals surface area contributed by atoms with Gasteiger partial charge in [-0.3, -0.25) is 4.79 Å². The number of carbonyl (C=O) groups excluding carboxylic acids is 1. The Morgan fingerprint density at radius 2 is 2.08 bits per heavy atom. The molecule has 3 heterocycles. The van der Waals surface area contributed by atoms with E-state index in [1.165, 1.54) is 17.4 Å². The number of oxime groups is 1. The monoisotopic (exact) mass is 555 g/mol. The molecular formula is C28H27ClFN3O4S. The Morgan fingerprint density at radius 1 is 1.24 bits per heavy atom. The predicted molar refractivity (Wildman–Crippen MR) is 144 cm³/mol. The number of aliphatic hydroxyl groups excluding tert-OH is 1. The summed E-state index contributed by atoms with van der Waals surface area (Å²) in [6.45, 7) is 2.43. The van der Waals surface area contributed by atoms with Crippen LogP contribution in [0.5, 0.6) is 5.75 Å². The van der Waals surface area contributed by atoms with Gasteiger partial charge in [-0.15, -0.1) is 11.3 Å². The summed E-state index contributed by atoms with van der Waals surface area (Å²) in [5.41, 5.74) is 3.00. The molecule has 3 aromatic rings. The van der Waals surface area contributed by atoms with Crippen molar-refractivity contribution < 1.29 is 23.9 Å². The van der Waals surface area contributed by atoms with Crippen LogP contribution >= 0.6 is 22.9 Å². The van der Waals surface area contributed by atoms with Crippen molar-refractivity contribution in [2.45, 2.75) is 44.1 Å². The zero-order valence-electron chi connectivity index (χ0n) is 20.5. The van der Waals surface area contributed by atoms with Crippen LogP contribution in [0.3, 0.4) is 0 Å². The molecule has 198 valence electrons. The highest BCUT2D eigenvalue weighted by Gasteiger charge is 2.32. The maximum absolute atomic E-state index is 14.7. The number of fused-ring (bicyclic) bond motifs is 1. The average Bonchev–Trinajstić information content (AvgIpc) is 3.61. The number of thiophene rings is 1. The smallest absolute Gasteiger partial charge is 0.274 e. The Morgan fingerprint density at radius 3 is 2.76 bits per heavy atom. The number of halogens is 2. The molecule has 2 atom stereocenters. The van der Waals surface area contributed by atoms with Gasteiger partial charge in [-0.2, -0.15) is 0 Å². The van der Waals surface area contributed by atoms with Crippen LogP contribution < -0.4 is 10.1 Å². The molecule has 0 unspecified atom stereocenters. The molecule has 0 radical (unpaired) electrons. The van der Waals surface area contributed by atoms with Gasteiger partial charge in [-0.25, -0.2) is 4.39 Å². The van der Waals surface area contributed by atoms with Crippen LogP contribution in [0.1, 0.15) is 42.1 Å². The van der Waals surface area contributed by atoms with Crippen LogP contribution in [0.25, 0.3) is 10.4 Å². The number of carbonyl (C=O) groups is 1. The lowest BCUT2D eigenvalue weighted by molar-refractivity contribution is -0.116. The van der Waals surface area contributed by atoms with E-state index in [0.717, 1.165) is 48.4 Å². The Bertz CT molecular complexity index is 1390. The highest BCUT2D eigenvalue weighted by Crippen LogP contribution is 2.34. The molecule has 1 amide bonds. The number of ether oxygens (including phenoxy) is 1. The van der Waals surface area contributed by atoms with Gasteiger partial charge in [0.15, 0.2) is 17.3 Å². The summed E-state index contributed by atoms with van der Waals surface area (Å²) in [4.78, 5) is 22.0. The number of likely N-dealkylation sites (tertiary alicyclic amines) is 1. The van der Waals surface area contributed by atoms with Crippen LogP contribution in [-0.4, -0.2) is 53.4 Å². The molecule has 2 aliphatic heterocycles. The molecule has 3 aliphatic rings. The number of aliphatic hydroxyl groups is 1. The van der Waals surface area contributed by atoms with E-state index in [-0.39, 0.29) is 24.2 Å². The van der Waals surface area contributed by atoms with E-state index >= 15 is 0 Å². The molecule has 1 saturated carbocycles. The zero-order chi connectivity index (χ0) is 26.2. The Labute approximate surface area is 228 Å². The van der Waals surface area contributed by atoms with Crippen LogP contribution in [0.15, 0.2) is 53.7 Å². The number of hydrogen-bond donors (Lipinski definition) is 2. The van der Waals surface area contributed by atoms with Crippen molar-refractivity contribution in [3.63, 3.8) is 0 Å². The molecule has 2 fully saturated rings. The van der Waals surface area contributed by atoms with Crippen LogP contribution in [0, 0.1) is 5.82 Å². The first-order valence-corrected chi connectivity index (χ1v) is 13.9.